The molecule has 6 heterocycles. The van der Waals surface area contributed by atoms with Gasteiger partial charge in [-0.25, -0.2) is 24.5 Å². The summed E-state index contributed by atoms with van der Waals surface area (Å²) in [4.78, 5) is 92.6. The smallest absolute Gasteiger partial charge is 0.369 e. The van der Waals surface area contributed by atoms with Gasteiger partial charge in [0.25, 0.3) is 5.91 Å². The number of ether oxygens (including phenoxy) is 1. The number of likely N-dealkylation sites (tertiary alicyclic amines) is 2. The van der Waals surface area contributed by atoms with Gasteiger partial charge in [0.15, 0.2) is 5.69 Å². The van der Waals surface area contributed by atoms with Gasteiger partial charge in [0, 0.05) is 37.3 Å². The number of carbonyl (C=O) groups excluding carboxylic acids is 5. The second kappa shape index (κ2) is 18.0. The molecule has 0 unspecified atom stereocenters. The van der Waals surface area contributed by atoms with Gasteiger partial charge >= 0.3 is 18.2 Å². The summed E-state index contributed by atoms with van der Waals surface area (Å²) in [5.41, 5.74) is 6.02. The van der Waals surface area contributed by atoms with E-state index in [2.05, 4.69) is 35.1 Å². The number of rotatable bonds is 11. The zero-order valence-electron chi connectivity index (χ0n) is 35.7. The maximum atomic E-state index is 13.8. The maximum absolute atomic E-state index is 13.8. The number of nitrogens with one attached hydrogen (secondary N) is 3. The molecule has 6 aromatic rings. The van der Waals surface area contributed by atoms with Crippen molar-refractivity contribution in [3.63, 3.8) is 0 Å². The summed E-state index contributed by atoms with van der Waals surface area (Å²) in [6.07, 6.45) is 0.839. The summed E-state index contributed by atoms with van der Waals surface area (Å²) in [6.45, 7) is 5.66. The SMILES string of the molecule is Cc1cc(C(=O)NCC(=O)N2CCC[C@H]2c2ncc(-c3ccc4nc(-c5ccc(-c6cnc([C@@H]7CCCN7C(=O)[C@H](C(C)C)N(C)C(=O)OC(=O)C(F)(F)F)[nH]6)cc5)cnc4c3)[nH]2)no1. The van der Waals surface area contributed by atoms with Gasteiger partial charge in [0.05, 0.1) is 65.3 Å². The Morgan fingerprint density at radius 1 is 0.846 bits per heavy atom. The molecule has 2 aliphatic heterocycles. The van der Waals surface area contributed by atoms with Crippen LogP contribution in [0.1, 0.15) is 79.5 Å². The molecule has 3 atom stereocenters. The molecule has 4 amide bonds. The zero-order chi connectivity index (χ0) is 46.2. The highest BCUT2D eigenvalue weighted by Crippen LogP contribution is 2.35. The van der Waals surface area contributed by atoms with Gasteiger partial charge in [-0.05, 0) is 56.2 Å². The van der Waals surface area contributed by atoms with Gasteiger partial charge in [-0.3, -0.25) is 24.3 Å². The third-order valence-electron chi connectivity index (χ3n) is 11.5. The van der Waals surface area contributed by atoms with Gasteiger partial charge in [-0.2, -0.15) is 13.2 Å². The number of alkyl halides is 3. The molecule has 0 bridgehead atoms. The molecule has 2 aromatic carbocycles. The number of likely N-dealkylation sites (N-methyl/N-ethyl adjacent to an activating group) is 1. The summed E-state index contributed by atoms with van der Waals surface area (Å²) in [5, 5.41) is 6.31. The second-order valence-electron chi connectivity index (χ2n) is 16.3. The molecule has 21 heteroatoms. The number of carbonyl (C=O) groups is 5. The molecule has 4 aromatic heterocycles. The highest BCUT2D eigenvalue weighted by Gasteiger charge is 2.45. The van der Waals surface area contributed by atoms with Gasteiger partial charge in [0.1, 0.15) is 23.5 Å². The Bertz CT molecular complexity index is 2770. The Morgan fingerprint density at radius 3 is 2.09 bits per heavy atom. The monoisotopic (exact) mass is 895 g/mol. The van der Waals surface area contributed by atoms with E-state index in [0.29, 0.717) is 65.8 Å². The zero-order valence-corrected chi connectivity index (χ0v) is 35.7. The number of aryl methyl sites for hydroxylation is 1. The number of hydrogen-bond acceptors (Lipinski definition) is 12. The van der Waals surface area contributed by atoms with Crippen LogP contribution in [0, 0.1) is 12.8 Å². The molecule has 18 nitrogen and oxygen atoms in total. The summed E-state index contributed by atoms with van der Waals surface area (Å²) >= 11 is 0. The fraction of sp³-hybridized carbons (Fsp3) is 0.364. The van der Waals surface area contributed by atoms with Crippen LogP contribution in [0.25, 0.3) is 44.8 Å². The molecule has 65 heavy (non-hydrogen) atoms. The lowest BCUT2D eigenvalue weighted by molar-refractivity contribution is -0.194. The van der Waals surface area contributed by atoms with Crippen molar-refractivity contribution in [1.82, 2.24) is 55.1 Å². The first-order valence-electron chi connectivity index (χ1n) is 20.9. The number of nitrogens with zero attached hydrogens (tertiary/aromatic N) is 8. The van der Waals surface area contributed by atoms with E-state index in [1.807, 2.05) is 42.5 Å². The first-order chi connectivity index (χ1) is 31.0. The van der Waals surface area contributed by atoms with E-state index in [9.17, 15) is 37.1 Å². The molecular formula is C44H44F3N11O7. The lowest BCUT2D eigenvalue weighted by atomic mass is 10.0. The van der Waals surface area contributed by atoms with E-state index in [1.54, 1.807) is 49.2 Å². The summed E-state index contributed by atoms with van der Waals surface area (Å²) < 4.78 is 47.2. The predicted octanol–water partition coefficient (Wildman–Crippen LogP) is 6.31. The highest BCUT2D eigenvalue weighted by molar-refractivity contribution is 5.95. The quantitative estimate of drug-likeness (QED) is 0.0961. The van der Waals surface area contributed by atoms with Crippen LogP contribution in [0.5, 0.6) is 0 Å². The van der Waals surface area contributed by atoms with Crippen LogP contribution in [-0.2, 0) is 19.1 Å². The molecular weight excluding hydrogens is 852 g/mol. The first-order valence-corrected chi connectivity index (χ1v) is 20.9. The van der Waals surface area contributed by atoms with Crippen molar-refractivity contribution in [1.29, 1.82) is 0 Å². The number of benzene rings is 2. The van der Waals surface area contributed by atoms with Gasteiger partial charge in [0.2, 0.25) is 11.8 Å². The molecule has 3 N–H and O–H groups in total. The van der Waals surface area contributed by atoms with Gasteiger partial charge in [-0.1, -0.05) is 49.3 Å². The maximum Gasteiger partial charge on any atom is 0.491 e. The molecule has 0 radical (unpaired) electrons. The van der Waals surface area contributed by atoms with Crippen LogP contribution >= 0.6 is 0 Å². The van der Waals surface area contributed by atoms with E-state index >= 15 is 0 Å². The normalized spacial score (nSPS) is 16.9. The molecule has 338 valence electrons. The van der Waals surface area contributed by atoms with Crippen LogP contribution < -0.4 is 5.32 Å². The first kappa shape index (κ1) is 44.2. The molecule has 0 saturated carbocycles. The molecule has 8 rings (SSSR count). The standard InChI is InChI=1S/C44H44F3N11O7/c1-23(2)37(56(4)43(63)64-42(62)44(45,46)47)41(61)58-16-6-8-35(58)39-49-20-32(53-39)26-11-9-25(10-12-26)31-19-48-29-18-27(13-14-28(29)52-31)33-21-50-38(54-33)34-7-5-15-57(34)36(59)22-51-40(60)30-17-24(3)65-55-30/h9-14,17-21,23,34-35,37H,5-8,15-16,22H2,1-4H3,(H,49,53)(H,50,54)(H,51,60)/t34-,35-,37-/m0/s1. The van der Waals surface area contributed by atoms with Crippen LogP contribution in [0.2, 0.25) is 0 Å². The molecule has 0 spiro atoms. The molecule has 2 aliphatic rings. The van der Waals surface area contributed by atoms with Crippen LogP contribution in [0.4, 0.5) is 18.0 Å². The minimum Gasteiger partial charge on any atom is -0.369 e. The summed E-state index contributed by atoms with van der Waals surface area (Å²) in [7, 11) is 1.13. The van der Waals surface area contributed by atoms with Crippen molar-refractivity contribution in [2.75, 3.05) is 26.7 Å². The van der Waals surface area contributed by atoms with Crippen LogP contribution in [0.15, 0.2) is 71.6 Å². The van der Waals surface area contributed by atoms with E-state index in [-0.39, 0.29) is 24.2 Å². The number of amides is 4. The lowest BCUT2D eigenvalue weighted by Gasteiger charge is -2.34. The Kier molecular flexibility index (Phi) is 12.2. The largest absolute Gasteiger partial charge is 0.491 e. The number of esters is 1. The van der Waals surface area contributed by atoms with E-state index in [4.69, 9.17) is 14.5 Å². The number of aromatic amines is 2. The fourth-order valence-corrected chi connectivity index (χ4v) is 8.32. The second-order valence-corrected chi connectivity index (χ2v) is 16.3. The molecule has 2 saturated heterocycles. The van der Waals surface area contributed by atoms with E-state index in [1.165, 1.54) is 6.07 Å². The average molecular weight is 896 g/mol. The van der Waals surface area contributed by atoms with Crippen molar-refractivity contribution in [3.8, 4) is 33.8 Å². The third-order valence-corrected chi connectivity index (χ3v) is 11.5. The molecule has 2 fully saturated rings. The van der Waals surface area contributed by atoms with Crippen molar-refractivity contribution in [2.45, 2.75) is 70.8 Å². The molecule has 0 aliphatic carbocycles. The topological polar surface area (TPSA) is 225 Å². The van der Waals surface area contributed by atoms with Gasteiger partial charge in [-0.15, -0.1) is 0 Å². The predicted molar refractivity (Wildman–Crippen MR) is 225 cm³/mol. The number of halogens is 3. The van der Waals surface area contributed by atoms with Crippen molar-refractivity contribution in [2.24, 2.45) is 5.92 Å². The van der Waals surface area contributed by atoms with Crippen molar-refractivity contribution in [3.05, 3.63) is 90.2 Å². The van der Waals surface area contributed by atoms with E-state index < -0.39 is 48.1 Å². The lowest BCUT2D eigenvalue weighted by Crippen LogP contribution is -2.52. The number of imidazole rings is 2. The number of fused-ring (bicyclic) bond motifs is 1. The average Bonchev–Trinajstić information content (AvgIpc) is 4.14. The third kappa shape index (κ3) is 9.30. The number of hydrogen-bond donors (Lipinski definition) is 3. The van der Waals surface area contributed by atoms with Crippen molar-refractivity contribution >= 4 is 40.8 Å². The number of H-pyrrole nitrogens is 2. The Balaban J connectivity index is 0.904. The van der Waals surface area contributed by atoms with Crippen LogP contribution in [-0.4, -0.2) is 118 Å². The van der Waals surface area contributed by atoms with E-state index in [0.717, 1.165) is 47.2 Å². The number of aromatic nitrogens is 7. The summed E-state index contributed by atoms with van der Waals surface area (Å²) in [5.74, 6) is -2.75. The van der Waals surface area contributed by atoms with Crippen LogP contribution in [0.3, 0.4) is 0 Å². The summed E-state index contributed by atoms with van der Waals surface area (Å²) in [6, 6.07) is 12.9. The van der Waals surface area contributed by atoms with Gasteiger partial charge < -0.3 is 34.3 Å². The Labute approximate surface area is 369 Å². The fourth-order valence-electron chi connectivity index (χ4n) is 8.32. The highest BCUT2D eigenvalue weighted by atomic mass is 19.4. The minimum atomic E-state index is -5.37. The minimum absolute atomic E-state index is 0.112. The van der Waals surface area contributed by atoms with Crippen molar-refractivity contribution < 1.29 is 46.4 Å². The Hall–Kier alpha value is -7.45. The Morgan fingerprint density at radius 2 is 1.46 bits per heavy atom.